The monoisotopic (exact) mass is 360 g/mol. The number of hydrogen-bond acceptors (Lipinski definition) is 6. The van der Waals surface area contributed by atoms with Crippen molar-refractivity contribution in [2.45, 2.75) is 39.9 Å². The first-order chi connectivity index (χ1) is 12.3. The molecule has 140 valence electrons. The van der Waals surface area contributed by atoms with Crippen LogP contribution in [0.25, 0.3) is 0 Å². The molecule has 0 saturated heterocycles. The SMILES string of the molecule is Cc1noc(C)c1COc1ccc(CC(=O)O[C@@H](C)C(=O)N(C)C)cc1. The summed E-state index contributed by atoms with van der Waals surface area (Å²) in [5.74, 6) is 0.722. The average Bonchev–Trinajstić information content (AvgIpc) is 2.91. The van der Waals surface area contributed by atoms with Gasteiger partial charge in [-0.15, -0.1) is 0 Å². The number of rotatable bonds is 7. The normalized spacial score (nSPS) is 11.7. The van der Waals surface area contributed by atoms with Gasteiger partial charge in [-0.05, 0) is 38.5 Å². The van der Waals surface area contributed by atoms with Gasteiger partial charge in [0.05, 0.1) is 17.7 Å². The molecule has 0 aliphatic rings. The molecule has 0 N–H and O–H groups in total. The minimum atomic E-state index is -0.796. The van der Waals surface area contributed by atoms with Gasteiger partial charge in [0.1, 0.15) is 18.1 Å². The van der Waals surface area contributed by atoms with Gasteiger partial charge in [0.2, 0.25) is 0 Å². The fourth-order valence-corrected chi connectivity index (χ4v) is 2.39. The van der Waals surface area contributed by atoms with E-state index < -0.39 is 12.1 Å². The Morgan fingerprint density at radius 2 is 1.85 bits per heavy atom. The molecule has 0 bridgehead atoms. The molecule has 0 fully saturated rings. The molecule has 7 nitrogen and oxygen atoms in total. The first kappa shape index (κ1) is 19.5. The van der Waals surface area contributed by atoms with E-state index in [4.69, 9.17) is 14.0 Å². The van der Waals surface area contributed by atoms with Gasteiger partial charge in [0.25, 0.3) is 5.91 Å². The standard InChI is InChI=1S/C19H24N2O5/c1-12-17(13(2)26-20-12)11-24-16-8-6-15(7-9-16)10-18(22)25-14(3)19(23)21(4)5/h6-9,14H,10-11H2,1-5H3/t14-/m0/s1. The van der Waals surface area contributed by atoms with E-state index in [0.29, 0.717) is 12.4 Å². The largest absolute Gasteiger partial charge is 0.489 e. The van der Waals surface area contributed by atoms with Crippen LogP contribution in [0.1, 0.15) is 29.5 Å². The number of nitrogens with zero attached hydrogens (tertiary/aromatic N) is 2. The van der Waals surface area contributed by atoms with E-state index in [0.717, 1.165) is 22.6 Å². The summed E-state index contributed by atoms with van der Waals surface area (Å²) in [5, 5.41) is 3.89. The lowest BCUT2D eigenvalue weighted by Crippen LogP contribution is -2.35. The number of aromatic nitrogens is 1. The van der Waals surface area contributed by atoms with Crippen LogP contribution in [0.5, 0.6) is 5.75 Å². The van der Waals surface area contributed by atoms with Crippen molar-refractivity contribution in [1.29, 1.82) is 0 Å². The molecule has 0 spiro atoms. The van der Waals surface area contributed by atoms with Crippen LogP contribution in [0.4, 0.5) is 0 Å². The van der Waals surface area contributed by atoms with Crippen LogP contribution in [0.15, 0.2) is 28.8 Å². The summed E-state index contributed by atoms with van der Waals surface area (Å²) < 4.78 is 16.0. The number of carbonyl (C=O) groups excluding carboxylic acids is 2. The zero-order valence-electron chi connectivity index (χ0n) is 15.7. The minimum absolute atomic E-state index is 0.0925. The van der Waals surface area contributed by atoms with Crippen molar-refractivity contribution >= 4 is 11.9 Å². The van der Waals surface area contributed by atoms with Crippen molar-refractivity contribution < 1.29 is 23.6 Å². The number of carbonyl (C=O) groups is 2. The van der Waals surface area contributed by atoms with Crippen LogP contribution in [0, 0.1) is 13.8 Å². The van der Waals surface area contributed by atoms with E-state index in [2.05, 4.69) is 5.16 Å². The Hall–Kier alpha value is -2.83. The van der Waals surface area contributed by atoms with Crippen molar-refractivity contribution in [3.63, 3.8) is 0 Å². The summed E-state index contributed by atoms with van der Waals surface area (Å²) in [6, 6.07) is 7.16. The highest BCUT2D eigenvalue weighted by molar-refractivity contribution is 5.83. The number of ether oxygens (including phenoxy) is 2. The van der Waals surface area contributed by atoms with Gasteiger partial charge in [0.15, 0.2) is 6.10 Å². The maximum atomic E-state index is 11.9. The molecule has 1 amide bonds. The Balaban J connectivity index is 1.87. The molecule has 0 aliphatic heterocycles. The molecule has 7 heteroatoms. The first-order valence-electron chi connectivity index (χ1n) is 8.32. The lowest BCUT2D eigenvalue weighted by Gasteiger charge is -2.17. The number of benzene rings is 1. The molecule has 1 aromatic carbocycles. The summed E-state index contributed by atoms with van der Waals surface area (Å²) in [6.45, 7) is 5.64. The Morgan fingerprint density at radius 1 is 1.19 bits per heavy atom. The Kier molecular flexibility index (Phi) is 6.38. The zero-order chi connectivity index (χ0) is 19.3. The van der Waals surface area contributed by atoms with Gasteiger partial charge in [-0.2, -0.15) is 0 Å². The minimum Gasteiger partial charge on any atom is -0.489 e. The van der Waals surface area contributed by atoms with E-state index in [9.17, 15) is 9.59 Å². The fourth-order valence-electron chi connectivity index (χ4n) is 2.39. The molecule has 2 aromatic rings. The molecule has 1 heterocycles. The highest BCUT2D eigenvalue weighted by atomic mass is 16.5. The highest BCUT2D eigenvalue weighted by Crippen LogP contribution is 2.18. The summed E-state index contributed by atoms with van der Waals surface area (Å²) in [4.78, 5) is 25.1. The van der Waals surface area contributed by atoms with Gasteiger partial charge >= 0.3 is 5.97 Å². The van der Waals surface area contributed by atoms with Crippen LogP contribution >= 0.6 is 0 Å². The molecular weight excluding hydrogens is 336 g/mol. The van der Waals surface area contributed by atoms with Crippen LogP contribution in [0.3, 0.4) is 0 Å². The van der Waals surface area contributed by atoms with Gasteiger partial charge in [0, 0.05) is 14.1 Å². The van der Waals surface area contributed by atoms with Gasteiger partial charge in [-0.25, -0.2) is 0 Å². The number of esters is 1. The van der Waals surface area contributed by atoms with E-state index in [1.165, 1.54) is 4.90 Å². The second kappa shape index (κ2) is 8.51. The third-order valence-corrected chi connectivity index (χ3v) is 3.93. The molecule has 0 saturated carbocycles. The predicted molar refractivity (Wildman–Crippen MR) is 94.7 cm³/mol. The Bertz CT molecular complexity index is 745. The van der Waals surface area contributed by atoms with E-state index in [1.807, 2.05) is 13.8 Å². The summed E-state index contributed by atoms with van der Waals surface area (Å²) >= 11 is 0. The van der Waals surface area contributed by atoms with E-state index in [1.54, 1.807) is 45.3 Å². The topological polar surface area (TPSA) is 81.9 Å². The van der Waals surface area contributed by atoms with Gasteiger partial charge in [-0.1, -0.05) is 17.3 Å². The maximum absolute atomic E-state index is 11.9. The van der Waals surface area contributed by atoms with Crippen LogP contribution in [-0.2, 0) is 27.4 Å². The van der Waals surface area contributed by atoms with Crippen LogP contribution < -0.4 is 4.74 Å². The quantitative estimate of drug-likeness (QED) is 0.706. The Labute approximate surface area is 152 Å². The summed E-state index contributed by atoms with van der Waals surface area (Å²) in [7, 11) is 3.24. The lowest BCUT2D eigenvalue weighted by molar-refractivity contribution is -0.157. The van der Waals surface area contributed by atoms with E-state index in [-0.39, 0.29) is 12.3 Å². The zero-order valence-corrected chi connectivity index (χ0v) is 15.7. The molecule has 0 radical (unpaired) electrons. The van der Waals surface area contributed by atoms with Crippen LogP contribution in [-0.4, -0.2) is 42.1 Å². The third kappa shape index (κ3) is 5.08. The lowest BCUT2D eigenvalue weighted by atomic mass is 10.1. The fraction of sp³-hybridized carbons (Fsp3) is 0.421. The maximum Gasteiger partial charge on any atom is 0.311 e. The average molecular weight is 360 g/mol. The van der Waals surface area contributed by atoms with Crippen molar-refractivity contribution in [3.05, 3.63) is 46.8 Å². The second-order valence-electron chi connectivity index (χ2n) is 6.28. The number of likely N-dealkylation sites (N-methyl/N-ethyl adjacent to an activating group) is 1. The summed E-state index contributed by atoms with van der Waals surface area (Å²) in [5.41, 5.74) is 2.52. The molecule has 0 aliphatic carbocycles. The number of aryl methyl sites for hydroxylation is 2. The summed E-state index contributed by atoms with van der Waals surface area (Å²) in [6.07, 6.45) is -0.704. The van der Waals surface area contributed by atoms with Gasteiger partial charge in [-0.3, -0.25) is 9.59 Å². The predicted octanol–water partition coefficient (Wildman–Crippen LogP) is 2.43. The number of hydrogen-bond donors (Lipinski definition) is 0. The van der Waals surface area contributed by atoms with Crippen molar-refractivity contribution in [3.8, 4) is 5.75 Å². The van der Waals surface area contributed by atoms with Crippen molar-refractivity contribution in [2.24, 2.45) is 0 Å². The van der Waals surface area contributed by atoms with Crippen LogP contribution in [0.2, 0.25) is 0 Å². The Morgan fingerprint density at radius 3 is 2.38 bits per heavy atom. The molecule has 0 unspecified atom stereocenters. The molecule has 1 atom stereocenters. The van der Waals surface area contributed by atoms with Crippen molar-refractivity contribution in [2.75, 3.05) is 14.1 Å². The molecule has 2 rings (SSSR count). The van der Waals surface area contributed by atoms with Crippen molar-refractivity contribution in [1.82, 2.24) is 10.1 Å². The number of amides is 1. The molecule has 26 heavy (non-hydrogen) atoms. The smallest absolute Gasteiger partial charge is 0.311 e. The highest BCUT2D eigenvalue weighted by Gasteiger charge is 2.19. The van der Waals surface area contributed by atoms with Gasteiger partial charge < -0.3 is 18.9 Å². The molecule has 1 aromatic heterocycles. The first-order valence-corrected chi connectivity index (χ1v) is 8.32. The molecular formula is C19H24N2O5. The second-order valence-corrected chi connectivity index (χ2v) is 6.28. The third-order valence-electron chi connectivity index (χ3n) is 3.93. The van der Waals surface area contributed by atoms with E-state index >= 15 is 0 Å².